The van der Waals surface area contributed by atoms with Crippen LogP contribution < -0.4 is 4.74 Å². The molecule has 0 aliphatic carbocycles. The van der Waals surface area contributed by atoms with Crippen LogP contribution in [0.5, 0.6) is 5.75 Å². The molecule has 1 aliphatic rings. The van der Waals surface area contributed by atoms with Gasteiger partial charge >= 0.3 is 0 Å². The summed E-state index contributed by atoms with van der Waals surface area (Å²) in [6, 6.07) is 24.5. The normalized spacial score (nSPS) is 16.8. The fourth-order valence-electron chi connectivity index (χ4n) is 3.96. The van der Waals surface area contributed by atoms with E-state index >= 15 is 0 Å². The number of halogens is 1. The van der Waals surface area contributed by atoms with E-state index in [0.29, 0.717) is 19.6 Å². The quantitative estimate of drug-likeness (QED) is 0.584. The van der Waals surface area contributed by atoms with E-state index in [0.717, 1.165) is 28.9 Å². The fourth-order valence-corrected chi connectivity index (χ4v) is 3.96. The molecule has 0 spiro atoms. The smallest absolute Gasteiger partial charge is 0.238 e. The summed E-state index contributed by atoms with van der Waals surface area (Å²) in [5, 5.41) is 0. The number of ether oxygens (including phenoxy) is 1. The summed E-state index contributed by atoms with van der Waals surface area (Å²) < 4.78 is 18.7. The van der Waals surface area contributed by atoms with Crippen LogP contribution >= 0.6 is 0 Å². The van der Waals surface area contributed by atoms with Gasteiger partial charge < -0.3 is 9.64 Å². The van der Waals surface area contributed by atoms with Crippen LogP contribution in [0.2, 0.25) is 0 Å². The van der Waals surface area contributed by atoms with Gasteiger partial charge in [0.15, 0.2) is 0 Å². The molecule has 154 valence electrons. The number of hydrogen-bond donors (Lipinski definition) is 0. The molecular weight excluding hydrogens is 379 g/mol. The molecule has 1 amide bonds. The van der Waals surface area contributed by atoms with Crippen molar-refractivity contribution in [1.82, 2.24) is 9.80 Å². The van der Waals surface area contributed by atoms with Crippen LogP contribution in [-0.2, 0) is 17.8 Å². The molecule has 1 saturated heterocycles. The molecule has 3 aromatic rings. The zero-order chi connectivity index (χ0) is 20.9. The van der Waals surface area contributed by atoms with Gasteiger partial charge in [0.2, 0.25) is 5.91 Å². The lowest BCUT2D eigenvalue weighted by molar-refractivity contribution is -0.128. The van der Waals surface area contributed by atoms with Crippen molar-refractivity contribution in [3.05, 3.63) is 101 Å². The Morgan fingerprint density at radius 1 is 0.933 bits per heavy atom. The van der Waals surface area contributed by atoms with Gasteiger partial charge in [0, 0.05) is 13.1 Å². The molecule has 0 N–H and O–H groups in total. The summed E-state index contributed by atoms with van der Waals surface area (Å²) in [7, 11) is 1.65. The van der Waals surface area contributed by atoms with Crippen molar-refractivity contribution in [2.45, 2.75) is 19.1 Å². The van der Waals surface area contributed by atoms with E-state index in [-0.39, 0.29) is 17.9 Å². The van der Waals surface area contributed by atoms with E-state index < -0.39 is 0 Å². The zero-order valence-electron chi connectivity index (χ0n) is 17.0. The van der Waals surface area contributed by atoms with Crippen molar-refractivity contribution in [2.75, 3.05) is 20.2 Å². The molecule has 1 unspecified atom stereocenters. The molecule has 4 rings (SSSR count). The first-order chi connectivity index (χ1) is 14.6. The van der Waals surface area contributed by atoms with Crippen LogP contribution in [0.15, 0.2) is 78.9 Å². The summed E-state index contributed by atoms with van der Waals surface area (Å²) in [6.07, 6.45) is 0.531. The average molecular weight is 404 g/mol. The van der Waals surface area contributed by atoms with Crippen molar-refractivity contribution in [1.29, 1.82) is 0 Å². The standard InChI is InChI=1S/C25H25FN2O2/c1-30-23-13-7-19(8-14-23)15-16-28-24(29)18-27(17-20-5-3-2-4-6-20)25(28)21-9-11-22(26)12-10-21/h2-14,25H,15-18H2,1H3. The maximum atomic E-state index is 13.5. The average Bonchev–Trinajstić information content (AvgIpc) is 3.08. The van der Waals surface area contributed by atoms with Gasteiger partial charge in [0.25, 0.3) is 0 Å². The lowest BCUT2D eigenvalue weighted by Crippen LogP contribution is -2.33. The summed E-state index contributed by atoms with van der Waals surface area (Å²) in [4.78, 5) is 17.0. The van der Waals surface area contributed by atoms with Gasteiger partial charge in [-0.25, -0.2) is 4.39 Å². The Hall–Kier alpha value is -3.18. The van der Waals surface area contributed by atoms with Crippen LogP contribution in [0.25, 0.3) is 0 Å². The van der Waals surface area contributed by atoms with E-state index in [2.05, 4.69) is 17.0 Å². The molecule has 4 nitrogen and oxygen atoms in total. The van der Waals surface area contributed by atoms with E-state index in [1.807, 2.05) is 47.4 Å². The van der Waals surface area contributed by atoms with Gasteiger partial charge in [0.05, 0.1) is 13.7 Å². The van der Waals surface area contributed by atoms with E-state index in [1.165, 1.54) is 12.1 Å². The minimum atomic E-state index is -0.275. The predicted molar refractivity (Wildman–Crippen MR) is 114 cm³/mol. The first-order valence-electron chi connectivity index (χ1n) is 10.1. The maximum absolute atomic E-state index is 13.5. The number of amides is 1. The second-order valence-corrected chi connectivity index (χ2v) is 7.50. The molecule has 0 aromatic heterocycles. The van der Waals surface area contributed by atoms with Gasteiger partial charge in [-0.05, 0) is 47.4 Å². The van der Waals surface area contributed by atoms with E-state index in [4.69, 9.17) is 4.74 Å². The molecule has 0 saturated carbocycles. The van der Waals surface area contributed by atoms with Crippen molar-refractivity contribution < 1.29 is 13.9 Å². The summed E-state index contributed by atoms with van der Waals surface area (Å²) in [5.74, 6) is 0.630. The number of carbonyl (C=O) groups is 1. The zero-order valence-corrected chi connectivity index (χ0v) is 17.0. The molecular formula is C25H25FN2O2. The van der Waals surface area contributed by atoms with Gasteiger partial charge in [-0.1, -0.05) is 54.6 Å². The maximum Gasteiger partial charge on any atom is 0.238 e. The van der Waals surface area contributed by atoms with Crippen LogP contribution in [0.4, 0.5) is 4.39 Å². The SMILES string of the molecule is COc1ccc(CCN2C(=O)CN(Cc3ccccc3)C2c2ccc(F)cc2)cc1. The first kappa shape index (κ1) is 20.1. The van der Waals surface area contributed by atoms with Crippen molar-refractivity contribution in [3.63, 3.8) is 0 Å². The number of rotatable bonds is 7. The third kappa shape index (κ3) is 4.52. The van der Waals surface area contributed by atoms with E-state index in [1.54, 1.807) is 19.2 Å². The van der Waals surface area contributed by atoms with Gasteiger partial charge in [-0.2, -0.15) is 0 Å². The lowest BCUT2D eigenvalue weighted by atomic mass is 10.1. The highest BCUT2D eigenvalue weighted by Gasteiger charge is 2.38. The molecule has 3 aromatic carbocycles. The Morgan fingerprint density at radius 3 is 2.30 bits per heavy atom. The third-order valence-electron chi connectivity index (χ3n) is 5.50. The Morgan fingerprint density at radius 2 is 1.63 bits per heavy atom. The van der Waals surface area contributed by atoms with Crippen molar-refractivity contribution in [3.8, 4) is 5.75 Å². The fraction of sp³-hybridized carbons (Fsp3) is 0.240. The molecule has 1 fully saturated rings. The molecule has 1 heterocycles. The topological polar surface area (TPSA) is 32.8 Å². The number of methoxy groups -OCH3 is 1. The molecule has 0 bridgehead atoms. The number of nitrogens with zero attached hydrogens (tertiary/aromatic N) is 2. The Kier molecular flexibility index (Phi) is 6.10. The van der Waals surface area contributed by atoms with Gasteiger partial charge in [0.1, 0.15) is 17.7 Å². The number of carbonyl (C=O) groups excluding carboxylic acids is 1. The number of hydrogen-bond acceptors (Lipinski definition) is 3. The molecule has 1 atom stereocenters. The monoisotopic (exact) mass is 404 g/mol. The van der Waals surface area contributed by atoms with Crippen LogP contribution in [0.1, 0.15) is 22.9 Å². The van der Waals surface area contributed by atoms with Gasteiger partial charge in [-0.15, -0.1) is 0 Å². The summed E-state index contributed by atoms with van der Waals surface area (Å²) >= 11 is 0. The van der Waals surface area contributed by atoms with Gasteiger partial charge in [-0.3, -0.25) is 9.69 Å². The van der Waals surface area contributed by atoms with Crippen molar-refractivity contribution in [2.24, 2.45) is 0 Å². The van der Waals surface area contributed by atoms with Crippen LogP contribution in [-0.4, -0.2) is 35.9 Å². The van der Waals surface area contributed by atoms with Crippen molar-refractivity contribution >= 4 is 5.91 Å². The van der Waals surface area contributed by atoms with Crippen LogP contribution in [0.3, 0.4) is 0 Å². The first-order valence-corrected chi connectivity index (χ1v) is 10.1. The Labute approximate surface area is 176 Å². The molecule has 0 radical (unpaired) electrons. The number of benzene rings is 3. The third-order valence-corrected chi connectivity index (χ3v) is 5.50. The predicted octanol–water partition coefficient (Wildman–Crippen LogP) is 4.42. The molecule has 30 heavy (non-hydrogen) atoms. The Bertz CT molecular complexity index is 974. The molecule has 5 heteroatoms. The second kappa shape index (κ2) is 9.09. The van der Waals surface area contributed by atoms with Crippen LogP contribution in [0, 0.1) is 5.82 Å². The lowest BCUT2D eigenvalue weighted by Gasteiger charge is -2.30. The highest BCUT2D eigenvalue weighted by atomic mass is 19.1. The summed E-state index contributed by atoms with van der Waals surface area (Å²) in [5.41, 5.74) is 3.21. The highest BCUT2D eigenvalue weighted by molar-refractivity contribution is 5.81. The second-order valence-electron chi connectivity index (χ2n) is 7.50. The molecule has 1 aliphatic heterocycles. The largest absolute Gasteiger partial charge is 0.497 e. The highest BCUT2D eigenvalue weighted by Crippen LogP contribution is 2.32. The minimum absolute atomic E-state index is 0.0915. The van der Waals surface area contributed by atoms with E-state index in [9.17, 15) is 9.18 Å². The Balaban J connectivity index is 1.56. The summed E-state index contributed by atoms with van der Waals surface area (Å²) in [6.45, 7) is 1.60. The minimum Gasteiger partial charge on any atom is -0.497 e.